The summed E-state index contributed by atoms with van der Waals surface area (Å²) in [6.07, 6.45) is 2.02. The summed E-state index contributed by atoms with van der Waals surface area (Å²) in [5, 5.41) is 8.76. The predicted octanol–water partition coefficient (Wildman–Crippen LogP) is 3.57. The molecule has 224 valence electrons. The molecular weight excluding hydrogens is 554 g/mol. The molecule has 0 spiro atoms. The average molecular weight is 594 g/mol. The van der Waals surface area contributed by atoms with Crippen LogP contribution in [0, 0.1) is 5.92 Å². The first-order valence-corrected chi connectivity index (χ1v) is 15.7. The van der Waals surface area contributed by atoms with Crippen LogP contribution in [-0.4, -0.2) is 59.5 Å². The fourth-order valence-corrected chi connectivity index (χ4v) is 6.01. The van der Waals surface area contributed by atoms with Gasteiger partial charge in [0.2, 0.25) is 5.91 Å². The minimum absolute atomic E-state index is 0.0532. The van der Waals surface area contributed by atoms with Crippen LogP contribution in [0.4, 0.5) is 11.4 Å². The van der Waals surface area contributed by atoms with Crippen molar-refractivity contribution < 1.29 is 22.8 Å². The van der Waals surface area contributed by atoms with Crippen molar-refractivity contribution in [3.05, 3.63) is 84.4 Å². The number of sulfonamides is 1. The lowest BCUT2D eigenvalue weighted by atomic mass is 9.98. The van der Waals surface area contributed by atoms with Crippen molar-refractivity contribution >= 4 is 33.2 Å². The van der Waals surface area contributed by atoms with Gasteiger partial charge >= 0.3 is 0 Å². The van der Waals surface area contributed by atoms with Crippen LogP contribution in [0.5, 0.6) is 5.75 Å². The highest BCUT2D eigenvalue weighted by molar-refractivity contribution is 7.92. The molecule has 0 aromatic heterocycles. The van der Waals surface area contributed by atoms with Crippen LogP contribution in [0.25, 0.3) is 0 Å². The fourth-order valence-electron chi connectivity index (χ4n) is 4.75. The van der Waals surface area contributed by atoms with Crippen LogP contribution in [0.2, 0.25) is 0 Å². The van der Waals surface area contributed by atoms with Gasteiger partial charge in [0.25, 0.3) is 15.9 Å². The SMILES string of the molecule is CCN(CC)c1cccc(ON(c2ccccc2)S(=O)(=O)c2ccc(C(=O)NCC(=O)NCC3CCNCC3)cc2)c1. The molecule has 2 amide bonds. The van der Waals surface area contributed by atoms with E-state index < -0.39 is 15.9 Å². The summed E-state index contributed by atoms with van der Waals surface area (Å²) < 4.78 is 28.5. The molecule has 3 aromatic rings. The van der Waals surface area contributed by atoms with E-state index in [1.165, 1.54) is 24.3 Å². The van der Waals surface area contributed by atoms with Crippen LogP contribution in [0.3, 0.4) is 0 Å². The molecule has 1 saturated heterocycles. The maximum absolute atomic E-state index is 13.8. The third-order valence-electron chi connectivity index (χ3n) is 7.19. The van der Waals surface area contributed by atoms with Crippen LogP contribution in [0.15, 0.2) is 83.8 Å². The lowest BCUT2D eigenvalue weighted by Crippen LogP contribution is -2.40. The van der Waals surface area contributed by atoms with Gasteiger partial charge in [0, 0.05) is 37.0 Å². The van der Waals surface area contributed by atoms with Gasteiger partial charge in [0.1, 0.15) is 0 Å². The second kappa shape index (κ2) is 14.7. The standard InChI is InChI=1S/C31H39N5O5S/c1-3-35(4-2)27-11-8-12-28(21-27)41-36(26-9-6-5-7-10-26)42(39,40)29-15-13-25(14-16-29)31(38)34-23-30(37)33-22-24-17-19-32-20-18-24/h5-16,21,24,32H,3-4,17-20,22-23H2,1-2H3,(H,33,37)(H,34,38). The number of anilines is 2. The number of para-hydroxylation sites is 1. The Kier molecular flexibility index (Phi) is 10.8. The van der Waals surface area contributed by atoms with E-state index in [2.05, 4.69) is 20.9 Å². The second-order valence-corrected chi connectivity index (χ2v) is 11.8. The molecule has 3 N–H and O–H groups in total. The van der Waals surface area contributed by atoms with Gasteiger partial charge in [-0.25, -0.2) is 0 Å². The normalized spacial score (nSPS) is 13.7. The highest BCUT2D eigenvalue weighted by Crippen LogP contribution is 2.28. The minimum atomic E-state index is -4.19. The maximum Gasteiger partial charge on any atom is 0.295 e. The Labute approximate surface area is 248 Å². The first-order valence-electron chi connectivity index (χ1n) is 14.3. The molecule has 42 heavy (non-hydrogen) atoms. The van der Waals surface area contributed by atoms with E-state index in [4.69, 9.17) is 4.84 Å². The van der Waals surface area contributed by atoms with E-state index in [1.807, 2.05) is 26.0 Å². The molecule has 4 rings (SSSR count). The summed E-state index contributed by atoms with van der Waals surface area (Å²) in [6, 6.07) is 21.3. The van der Waals surface area contributed by atoms with E-state index in [1.54, 1.807) is 42.5 Å². The zero-order valence-corrected chi connectivity index (χ0v) is 24.9. The van der Waals surface area contributed by atoms with Gasteiger partial charge in [-0.1, -0.05) is 28.7 Å². The number of piperidine rings is 1. The summed E-state index contributed by atoms with van der Waals surface area (Å²) in [4.78, 5) is 33.0. The van der Waals surface area contributed by atoms with Gasteiger partial charge in [-0.15, -0.1) is 0 Å². The smallest absolute Gasteiger partial charge is 0.295 e. The molecule has 0 radical (unpaired) electrons. The van der Waals surface area contributed by atoms with E-state index >= 15 is 0 Å². The number of amides is 2. The van der Waals surface area contributed by atoms with Crippen molar-refractivity contribution in [2.45, 2.75) is 31.6 Å². The lowest BCUT2D eigenvalue weighted by molar-refractivity contribution is -0.120. The highest BCUT2D eigenvalue weighted by Gasteiger charge is 2.28. The molecule has 0 bridgehead atoms. The number of nitrogens with zero attached hydrogens (tertiary/aromatic N) is 2. The van der Waals surface area contributed by atoms with Crippen molar-refractivity contribution in [2.75, 3.05) is 48.6 Å². The maximum atomic E-state index is 13.8. The zero-order valence-electron chi connectivity index (χ0n) is 24.1. The Hall–Kier alpha value is -4.09. The average Bonchev–Trinajstić information content (AvgIpc) is 3.03. The topological polar surface area (TPSA) is 120 Å². The Morgan fingerprint density at radius 1 is 0.881 bits per heavy atom. The fraction of sp³-hybridized carbons (Fsp3) is 0.355. The highest BCUT2D eigenvalue weighted by atomic mass is 32.2. The van der Waals surface area contributed by atoms with Crippen molar-refractivity contribution in [1.82, 2.24) is 16.0 Å². The summed E-state index contributed by atoms with van der Waals surface area (Å²) in [5.74, 6) is 0.0644. The lowest BCUT2D eigenvalue weighted by Gasteiger charge is -2.25. The van der Waals surface area contributed by atoms with Gasteiger partial charge in [0.05, 0.1) is 17.1 Å². The second-order valence-electron chi connectivity index (χ2n) is 10.0. The van der Waals surface area contributed by atoms with Gasteiger partial charge in [-0.3, -0.25) is 9.59 Å². The van der Waals surface area contributed by atoms with Crippen LogP contribution in [-0.2, 0) is 14.8 Å². The summed E-state index contributed by atoms with van der Waals surface area (Å²) in [7, 11) is -4.19. The van der Waals surface area contributed by atoms with Gasteiger partial charge in [0.15, 0.2) is 5.75 Å². The van der Waals surface area contributed by atoms with E-state index in [-0.39, 0.29) is 22.9 Å². The molecule has 11 heteroatoms. The van der Waals surface area contributed by atoms with Crippen molar-refractivity contribution in [3.63, 3.8) is 0 Å². The van der Waals surface area contributed by atoms with Crippen molar-refractivity contribution in [3.8, 4) is 5.75 Å². The first kappa shape index (κ1) is 30.9. The number of benzene rings is 3. The van der Waals surface area contributed by atoms with Gasteiger partial charge in [-0.2, -0.15) is 8.42 Å². The molecular formula is C31H39N5O5S. The molecule has 0 atom stereocenters. The van der Waals surface area contributed by atoms with E-state index in [0.717, 1.165) is 49.2 Å². The summed E-state index contributed by atoms with van der Waals surface area (Å²) in [6.45, 7) is 8.01. The minimum Gasteiger partial charge on any atom is -0.372 e. The Morgan fingerprint density at radius 2 is 1.55 bits per heavy atom. The Balaban J connectivity index is 1.45. The quantitative estimate of drug-likeness (QED) is 0.259. The summed E-state index contributed by atoms with van der Waals surface area (Å²) in [5.41, 5.74) is 1.47. The molecule has 3 aromatic carbocycles. The number of nitrogens with one attached hydrogen (secondary N) is 3. The number of carbonyl (C=O) groups excluding carboxylic acids is 2. The third-order valence-corrected chi connectivity index (χ3v) is 8.78. The molecule has 1 fully saturated rings. The van der Waals surface area contributed by atoms with E-state index in [0.29, 0.717) is 23.9 Å². The largest absolute Gasteiger partial charge is 0.372 e. The molecule has 1 aliphatic rings. The first-order chi connectivity index (χ1) is 20.3. The monoisotopic (exact) mass is 593 g/mol. The Bertz CT molecular complexity index is 1420. The third kappa shape index (κ3) is 8.01. The Morgan fingerprint density at radius 3 is 2.21 bits per heavy atom. The number of carbonyl (C=O) groups is 2. The number of hydrogen-bond acceptors (Lipinski definition) is 7. The van der Waals surface area contributed by atoms with E-state index in [9.17, 15) is 18.0 Å². The van der Waals surface area contributed by atoms with Crippen LogP contribution >= 0.6 is 0 Å². The zero-order chi connectivity index (χ0) is 30.0. The van der Waals surface area contributed by atoms with Crippen LogP contribution in [0.1, 0.15) is 37.0 Å². The van der Waals surface area contributed by atoms with Gasteiger partial charge in [-0.05, 0) is 94.2 Å². The summed E-state index contributed by atoms with van der Waals surface area (Å²) >= 11 is 0. The molecule has 0 saturated carbocycles. The number of hydrogen-bond donors (Lipinski definition) is 3. The van der Waals surface area contributed by atoms with Gasteiger partial charge < -0.3 is 25.7 Å². The van der Waals surface area contributed by atoms with Crippen molar-refractivity contribution in [2.24, 2.45) is 5.92 Å². The molecule has 10 nitrogen and oxygen atoms in total. The molecule has 0 aliphatic carbocycles. The van der Waals surface area contributed by atoms with Crippen molar-refractivity contribution in [1.29, 1.82) is 0 Å². The van der Waals surface area contributed by atoms with Crippen LogP contribution < -0.4 is 30.2 Å². The molecule has 1 heterocycles. The predicted molar refractivity (Wildman–Crippen MR) is 164 cm³/mol. The number of rotatable bonds is 13. The molecule has 1 aliphatic heterocycles. The molecule has 0 unspecified atom stereocenters.